The third-order valence-corrected chi connectivity index (χ3v) is 8.67. The summed E-state index contributed by atoms with van der Waals surface area (Å²) in [5.74, 6) is -1.04. The zero-order valence-electron chi connectivity index (χ0n) is 27.2. The van der Waals surface area contributed by atoms with Crippen LogP contribution in [-0.4, -0.2) is 79.3 Å². The van der Waals surface area contributed by atoms with Crippen molar-refractivity contribution in [3.63, 3.8) is 0 Å². The molecule has 1 amide bonds. The molecule has 1 fully saturated rings. The fourth-order valence-corrected chi connectivity index (χ4v) is 5.44. The van der Waals surface area contributed by atoms with Crippen LogP contribution in [0.3, 0.4) is 0 Å². The minimum atomic E-state index is -0.890. The van der Waals surface area contributed by atoms with E-state index in [0.717, 1.165) is 66.3 Å². The van der Waals surface area contributed by atoms with Crippen molar-refractivity contribution >= 4 is 35.0 Å². The van der Waals surface area contributed by atoms with Crippen molar-refractivity contribution in [3.05, 3.63) is 87.9 Å². The maximum Gasteiger partial charge on any atom is 0.420 e. The molecule has 1 aliphatic rings. The Bertz CT molecular complexity index is 1750. The zero-order valence-corrected chi connectivity index (χ0v) is 28.0. The highest BCUT2D eigenvalue weighted by molar-refractivity contribution is 6.30. The maximum atomic E-state index is 15.1. The number of anilines is 3. The van der Waals surface area contributed by atoms with Crippen molar-refractivity contribution in [3.8, 4) is 22.9 Å². The minimum absolute atomic E-state index is 0.0581. The number of nitrogens with one attached hydrogen (secondary N) is 1. The standard InChI is InChI=1S/C35H39ClF2N6O3/c1-22-7-10-27(24(3)23(22)2)30-21-33(47-35(45)43(5)31-19-25(36)8-11-28(31)37)41-34(40-30)39-26-9-12-32(29(38)20-26)46-18-6-13-44-16-14-42(4)15-17-44/h7-12,19-21H,6,13-18H2,1-5H3,(H,39,40,41). The Hall–Kier alpha value is -4.32. The zero-order chi connectivity index (χ0) is 33.7. The molecule has 248 valence electrons. The maximum absolute atomic E-state index is 15.1. The highest BCUT2D eigenvalue weighted by atomic mass is 35.5. The van der Waals surface area contributed by atoms with Gasteiger partial charge < -0.3 is 24.6 Å². The van der Waals surface area contributed by atoms with Gasteiger partial charge in [0.25, 0.3) is 0 Å². The predicted octanol–water partition coefficient (Wildman–Crippen LogP) is 7.40. The van der Waals surface area contributed by atoms with Gasteiger partial charge in [0.15, 0.2) is 11.6 Å². The van der Waals surface area contributed by atoms with Crippen LogP contribution >= 0.6 is 11.6 Å². The van der Waals surface area contributed by atoms with Crippen molar-refractivity contribution in [1.29, 1.82) is 0 Å². The average molecular weight is 665 g/mol. The van der Waals surface area contributed by atoms with Crippen LogP contribution in [0, 0.1) is 32.4 Å². The van der Waals surface area contributed by atoms with E-state index < -0.39 is 17.7 Å². The van der Waals surface area contributed by atoms with E-state index in [-0.39, 0.29) is 28.3 Å². The number of benzene rings is 3. The van der Waals surface area contributed by atoms with E-state index in [4.69, 9.17) is 21.1 Å². The first kappa shape index (κ1) is 34.0. The van der Waals surface area contributed by atoms with Gasteiger partial charge in [0.1, 0.15) is 5.82 Å². The Kier molecular flexibility index (Phi) is 10.9. The number of hydrogen-bond acceptors (Lipinski definition) is 8. The molecule has 5 rings (SSSR count). The van der Waals surface area contributed by atoms with Crippen LogP contribution in [0.15, 0.2) is 54.6 Å². The number of aromatic nitrogens is 2. The second-order valence-electron chi connectivity index (χ2n) is 11.7. The number of ether oxygens (including phenoxy) is 2. The Morgan fingerprint density at radius 3 is 2.47 bits per heavy atom. The van der Waals surface area contributed by atoms with Gasteiger partial charge in [0.2, 0.25) is 11.8 Å². The molecular formula is C35H39ClF2N6O3. The lowest BCUT2D eigenvalue weighted by molar-refractivity contribution is 0.145. The fraction of sp³-hybridized carbons (Fsp3) is 0.343. The van der Waals surface area contributed by atoms with Gasteiger partial charge in [-0.3, -0.25) is 4.90 Å². The Labute approximate surface area is 279 Å². The third-order valence-electron chi connectivity index (χ3n) is 8.43. The molecule has 1 N–H and O–H groups in total. The monoisotopic (exact) mass is 664 g/mol. The van der Waals surface area contributed by atoms with E-state index in [9.17, 15) is 9.18 Å². The minimum Gasteiger partial charge on any atom is -0.490 e. The van der Waals surface area contributed by atoms with Gasteiger partial charge in [0.05, 0.1) is 18.0 Å². The molecule has 2 heterocycles. The molecule has 47 heavy (non-hydrogen) atoms. The summed E-state index contributed by atoms with van der Waals surface area (Å²) < 4.78 is 40.9. The molecular weight excluding hydrogens is 626 g/mol. The van der Waals surface area contributed by atoms with E-state index in [2.05, 4.69) is 32.1 Å². The lowest BCUT2D eigenvalue weighted by Crippen LogP contribution is -2.44. The van der Waals surface area contributed by atoms with Crippen LogP contribution in [0.5, 0.6) is 11.6 Å². The summed E-state index contributed by atoms with van der Waals surface area (Å²) in [5.41, 5.74) is 4.79. The van der Waals surface area contributed by atoms with Gasteiger partial charge in [-0.15, -0.1) is 0 Å². The summed E-state index contributed by atoms with van der Waals surface area (Å²) in [6.07, 6.45) is -0.0961. The third kappa shape index (κ3) is 8.54. The number of piperazine rings is 1. The van der Waals surface area contributed by atoms with E-state index >= 15 is 4.39 Å². The van der Waals surface area contributed by atoms with Crippen molar-refractivity contribution < 1.29 is 23.0 Å². The number of aryl methyl sites for hydroxylation is 1. The largest absolute Gasteiger partial charge is 0.490 e. The Morgan fingerprint density at radius 1 is 0.957 bits per heavy atom. The normalized spacial score (nSPS) is 13.8. The molecule has 9 nitrogen and oxygen atoms in total. The van der Waals surface area contributed by atoms with E-state index in [1.165, 1.54) is 37.4 Å². The van der Waals surface area contributed by atoms with Gasteiger partial charge in [-0.2, -0.15) is 4.98 Å². The van der Waals surface area contributed by atoms with Crippen LogP contribution in [0.2, 0.25) is 5.02 Å². The molecule has 0 saturated carbocycles. The van der Waals surface area contributed by atoms with Crippen LogP contribution in [0.25, 0.3) is 11.3 Å². The molecule has 0 radical (unpaired) electrons. The van der Waals surface area contributed by atoms with Crippen molar-refractivity contribution in [1.82, 2.24) is 19.8 Å². The summed E-state index contributed by atoms with van der Waals surface area (Å²) in [6, 6.07) is 13.8. The lowest BCUT2D eigenvalue weighted by Gasteiger charge is -2.32. The molecule has 0 aliphatic carbocycles. The summed E-state index contributed by atoms with van der Waals surface area (Å²) in [7, 11) is 3.49. The van der Waals surface area contributed by atoms with E-state index in [0.29, 0.717) is 18.0 Å². The molecule has 1 aromatic heterocycles. The van der Waals surface area contributed by atoms with Gasteiger partial charge in [-0.05, 0) is 81.3 Å². The van der Waals surface area contributed by atoms with E-state index in [1.807, 2.05) is 32.9 Å². The first-order valence-electron chi connectivity index (χ1n) is 15.5. The van der Waals surface area contributed by atoms with Crippen LogP contribution < -0.4 is 19.7 Å². The molecule has 0 atom stereocenters. The molecule has 0 unspecified atom stereocenters. The highest BCUT2D eigenvalue weighted by Gasteiger charge is 2.21. The van der Waals surface area contributed by atoms with Gasteiger partial charge >= 0.3 is 6.09 Å². The summed E-state index contributed by atoms with van der Waals surface area (Å²) in [5, 5.41) is 3.28. The van der Waals surface area contributed by atoms with Crippen molar-refractivity contribution in [2.75, 3.05) is 63.6 Å². The molecule has 3 aromatic carbocycles. The molecule has 1 saturated heterocycles. The number of likely N-dealkylation sites (N-methyl/N-ethyl adjacent to an activating group) is 1. The SMILES string of the molecule is Cc1ccc(-c2cc(OC(=O)N(C)c3cc(Cl)ccc3F)nc(Nc3ccc(OCCCN4CCN(C)CC4)c(F)c3)n2)c(C)c1C. The fourth-order valence-electron chi connectivity index (χ4n) is 5.27. The van der Waals surface area contributed by atoms with Crippen molar-refractivity contribution in [2.24, 2.45) is 0 Å². The lowest BCUT2D eigenvalue weighted by atomic mass is 9.97. The van der Waals surface area contributed by atoms with Crippen LogP contribution in [0.4, 0.5) is 30.9 Å². The average Bonchev–Trinajstić information content (AvgIpc) is 3.04. The molecule has 0 spiro atoms. The number of amides is 1. The van der Waals surface area contributed by atoms with Gasteiger partial charge in [0, 0.05) is 68.2 Å². The van der Waals surface area contributed by atoms with Crippen LogP contribution in [-0.2, 0) is 0 Å². The van der Waals surface area contributed by atoms with Gasteiger partial charge in [-0.25, -0.2) is 18.6 Å². The second kappa shape index (κ2) is 15.1. The molecule has 4 aromatic rings. The number of hydrogen-bond donors (Lipinski definition) is 1. The molecule has 12 heteroatoms. The number of carbonyl (C=O) groups excluding carboxylic acids is 1. The number of nitrogens with zero attached hydrogens (tertiary/aromatic N) is 5. The van der Waals surface area contributed by atoms with E-state index in [1.54, 1.807) is 12.1 Å². The molecule has 0 bridgehead atoms. The Balaban J connectivity index is 1.34. The quantitative estimate of drug-likeness (QED) is 0.176. The van der Waals surface area contributed by atoms with Crippen LogP contribution in [0.1, 0.15) is 23.1 Å². The summed E-state index contributed by atoms with van der Waals surface area (Å²) >= 11 is 6.02. The number of rotatable bonds is 10. The van der Waals surface area contributed by atoms with Gasteiger partial charge in [-0.1, -0.05) is 23.7 Å². The highest BCUT2D eigenvalue weighted by Crippen LogP contribution is 2.31. The topological polar surface area (TPSA) is 83.1 Å². The first-order chi connectivity index (χ1) is 22.5. The molecule has 1 aliphatic heterocycles. The predicted molar refractivity (Wildman–Crippen MR) is 181 cm³/mol. The second-order valence-corrected chi connectivity index (χ2v) is 12.2. The first-order valence-corrected chi connectivity index (χ1v) is 15.8. The number of halogens is 3. The number of carbonyl (C=O) groups is 1. The summed E-state index contributed by atoms with van der Waals surface area (Å²) in [6.45, 7) is 11.5. The van der Waals surface area contributed by atoms with Crippen molar-refractivity contribution in [2.45, 2.75) is 27.2 Å². The smallest absolute Gasteiger partial charge is 0.420 e. The Morgan fingerprint density at radius 2 is 1.72 bits per heavy atom. The summed E-state index contributed by atoms with van der Waals surface area (Å²) in [4.78, 5) is 27.8.